The molecule has 0 heterocycles. The summed E-state index contributed by atoms with van der Waals surface area (Å²) < 4.78 is 10.8. The highest BCUT2D eigenvalue weighted by Crippen LogP contribution is 2.36. The predicted molar refractivity (Wildman–Crippen MR) is 89.3 cm³/mol. The molecule has 124 valence electrons. The van der Waals surface area contributed by atoms with Gasteiger partial charge < -0.3 is 20.1 Å². The van der Waals surface area contributed by atoms with Crippen LogP contribution in [0.3, 0.4) is 0 Å². The summed E-state index contributed by atoms with van der Waals surface area (Å²) >= 11 is 6.20. The SMILES string of the molecule is CCCNCCNC(=O)c1cc(Cl)c(OCCC)c(OC)c1. The first-order valence-electron chi connectivity index (χ1n) is 7.63. The smallest absolute Gasteiger partial charge is 0.251 e. The van der Waals surface area contributed by atoms with Crippen molar-refractivity contribution in [1.29, 1.82) is 0 Å². The normalized spacial score (nSPS) is 10.4. The Kier molecular flexibility index (Phi) is 8.70. The minimum Gasteiger partial charge on any atom is -0.493 e. The Hall–Kier alpha value is -1.46. The summed E-state index contributed by atoms with van der Waals surface area (Å²) in [5.41, 5.74) is 0.459. The molecule has 0 spiro atoms. The van der Waals surface area contributed by atoms with E-state index in [-0.39, 0.29) is 5.91 Å². The van der Waals surface area contributed by atoms with Crippen molar-refractivity contribution in [3.63, 3.8) is 0 Å². The third-order valence-electron chi connectivity index (χ3n) is 2.96. The summed E-state index contributed by atoms with van der Waals surface area (Å²) in [6.07, 6.45) is 1.94. The summed E-state index contributed by atoms with van der Waals surface area (Å²) in [6.45, 7) is 6.90. The van der Waals surface area contributed by atoms with Gasteiger partial charge in [-0.05, 0) is 31.5 Å². The molecule has 0 bridgehead atoms. The summed E-state index contributed by atoms with van der Waals surface area (Å²) in [5, 5.41) is 6.44. The molecule has 0 aliphatic carbocycles. The molecule has 2 N–H and O–H groups in total. The van der Waals surface area contributed by atoms with Crippen LogP contribution in [-0.4, -0.2) is 39.3 Å². The standard InChI is InChI=1S/C16H25ClN2O3/c1-4-6-18-7-8-19-16(20)12-10-13(17)15(22-9-5-2)14(11-12)21-3/h10-11,18H,4-9H2,1-3H3,(H,19,20). The lowest BCUT2D eigenvalue weighted by molar-refractivity contribution is 0.0953. The Balaban J connectivity index is 2.70. The van der Waals surface area contributed by atoms with Crippen LogP contribution in [0, 0.1) is 0 Å². The molecular formula is C16H25ClN2O3. The van der Waals surface area contributed by atoms with Gasteiger partial charge in [-0.1, -0.05) is 25.4 Å². The Morgan fingerprint density at radius 1 is 1.18 bits per heavy atom. The minimum absolute atomic E-state index is 0.180. The fraction of sp³-hybridized carbons (Fsp3) is 0.562. The molecule has 1 aromatic carbocycles. The third kappa shape index (κ3) is 5.73. The van der Waals surface area contributed by atoms with E-state index in [9.17, 15) is 4.79 Å². The lowest BCUT2D eigenvalue weighted by Crippen LogP contribution is -2.32. The van der Waals surface area contributed by atoms with E-state index in [1.54, 1.807) is 12.1 Å². The predicted octanol–water partition coefficient (Wildman–Crippen LogP) is 2.87. The van der Waals surface area contributed by atoms with Gasteiger partial charge in [0, 0.05) is 18.7 Å². The summed E-state index contributed by atoms with van der Waals surface area (Å²) in [5.74, 6) is 0.767. The van der Waals surface area contributed by atoms with Gasteiger partial charge in [0.1, 0.15) is 0 Å². The lowest BCUT2D eigenvalue weighted by atomic mass is 10.2. The number of rotatable bonds is 10. The average molecular weight is 329 g/mol. The number of benzene rings is 1. The molecule has 5 nitrogen and oxygen atoms in total. The monoisotopic (exact) mass is 328 g/mol. The second-order valence-corrected chi connectivity index (χ2v) is 5.25. The number of amides is 1. The molecule has 0 radical (unpaired) electrons. The Labute approximate surface area is 137 Å². The number of hydrogen-bond donors (Lipinski definition) is 2. The molecule has 0 fully saturated rings. The van der Waals surface area contributed by atoms with E-state index in [2.05, 4.69) is 17.6 Å². The van der Waals surface area contributed by atoms with Gasteiger partial charge in [-0.2, -0.15) is 0 Å². The van der Waals surface area contributed by atoms with Gasteiger partial charge in [-0.25, -0.2) is 0 Å². The van der Waals surface area contributed by atoms with Crippen molar-refractivity contribution < 1.29 is 14.3 Å². The van der Waals surface area contributed by atoms with E-state index in [1.165, 1.54) is 7.11 Å². The quantitative estimate of drug-likeness (QED) is 0.648. The first kappa shape index (κ1) is 18.6. The molecule has 0 unspecified atom stereocenters. The fourth-order valence-corrected chi connectivity index (χ4v) is 2.13. The fourth-order valence-electron chi connectivity index (χ4n) is 1.86. The number of ether oxygens (including phenoxy) is 2. The van der Waals surface area contributed by atoms with Gasteiger partial charge in [0.25, 0.3) is 5.91 Å². The zero-order chi connectivity index (χ0) is 16.4. The zero-order valence-electron chi connectivity index (χ0n) is 13.5. The first-order chi connectivity index (χ1) is 10.6. The Morgan fingerprint density at radius 2 is 1.95 bits per heavy atom. The van der Waals surface area contributed by atoms with E-state index >= 15 is 0 Å². The van der Waals surface area contributed by atoms with Crippen molar-refractivity contribution in [1.82, 2.24) is 10.6 Å². The highest BCUT2D eigenvalue weighted by molar-refractivity contribution is 6.32. The van der Waals surface area contributed by atoms with Crippen LogP contribution in [0.4, 0.5) is 0 Å². The maximum absolute atomic E-state index is 12.1. The molecule has 0 aliphatic rings. The second kappa shape index (κ2) is 10.3. The van der Waals surface area contributed by atoms with Gasteiger partial charge >= 0.3 is 0 Å². The van der Waals surface area contributed by atoms with Crippen LogP contribution in [0.25, 0.3) is 0 Å². The highest BCUT2D eigenvalue weighted by Gasteiger charge is 2.15. The molecule has 6 heteroatoms. The molecular weight excluding hydrogens is 304 g/mol. The molecule has 1 rings (SSSR count). The van der Waals surface area contributed by atoms with Crippen LogP contribution in [-0.2, 0) is 0 Å². The largest absolute Gasteiger partial charge is 0.493 e. The molecule has 22 heavy (non-hydrogen) atoms. The van der Waals surface area contributed by atoms with Crippen LogP contribution in [0.1, 0.15) is 37.0 Å². The van der Waals surface area contributed by atoms with Crippen LogP contribution in [0.2, 0.25) is 5.02 Å². The molecule has 0 aromatic heterocycles. The van der Waals surface area contributed by atoms with E-state index in [0.717, 1.165) is 25.9 Å². The summed E-state index contributed by atoms with van der Waals surface area (Å²) in [6, 6.07) is 3.25. The zero-order valence-corrected chi connectivity index (χ0v) is 14.3. The third-order valence-corrected chi connectivity index (χ3v) is 3.24. The molecule has 1 amide bonds. The van der Waals surface area contributed by atoms with Gasteiger partial charge in [0.2, 0.25) is 0 Å². The Bertz CT molecular complexity index is 481. The first-order valence-corrected chi connectivity index (χ1v) is 8.01. The molecule has 1 aromatic rings. The van der Waals surface area contributed by atoms with E-state index in [1.807, 2.05) is 6.92 Å². The van der Waals surface area contributed by atoms with Crippen molar-refractivity contribution in [3.05, 3.63) is 22.7 Å². The minimum atomic E-state index is -0.180. The van der Waals surface area contributed by atoms with E-state index in [4.69, 9.17) is 21.1 Å². The van der Waals surface area contributed by atoms with Gasteiger partial charge in [-0.15, -0.1) is 0 Å². The highest BCUT2D eigenvalue weighted by atomic mass is 35.5. The molecule has 0 saturated heterocycles. The van der Waals surface area contributed by atoms with Crippen LogP contribution >= 0.6 is 11.6 Å². The van der Waals surface area contributed by atoms with Crippen molar-refractivity contribution in [2.24, 2.45) is 0 Å². The van der Waals surface area contributed by atoms with Crippen LogP contribution < -0.4 is 20.1 Å². The summed E-state index contributed by atoms with van der Waals surface area (Å²) in [4.78, 5) is 12.1. The van der Waals surface area contributed by atoms with Crippen molar-refractivity contribution in [2.75, 3.05) is 33.4 Å². The number of hydrogen-bond acceptors (Lipinski definition) is 4. The number of carbonyl (C=O) groups is 1. The molecule has 0 saturated carbocycles. The van der Waals surface area contributed by atoms with E-state index in [0.29, 0.717) is 35.2 Å². The van der Waals surface area contributed by atoms with Crippen molar-refractivity contribution >= 4 is 17.5 Å². The van der Waals surface area contributed by atoms with Crippen LogP contribution in [0.15, 0.2) is 12.1 Å². The molecule has 0 aliphatic heterocycles. The van der Waals surface area contributed by atoms with Crippen LogP contribution in [0.5, 0.6) is 11.5 Å². The van der Waals surface area contributed by atoms with Crippen molar-refractivity contribution in [3.8, 4) is 11.5 Å². The van der Waals surface area contributed by atoms with Gasteiger partial charge in [-0.3, -0.25) is 4.79 Å². The molecule has 0 atom stereocenters. The Morgan fingerprint density at radius 3 is 2.59 bits per heavy atom. The maximum atomic E-state index is 12.1. The van der Waals surface area contributed by atoms with Gasteiger partial charge in [0.05, 0.1) is 18.7 Å². The number of carbonyl (C=O) groups excluding carboxylic acids is 1. The second-order valence-electron chi connectivity index (χ2n) is 4.84. The van der Waals surface area contributed by atoms with Crippen molar-refractivity contribution in [2.45, 2.75) is 26.7 Å². The maximum Gasteiger partial charge on any atom is 0.251 e. The summed E-state index contributed by atoms with van der Waals surface area (Å²) in [7, 11) is 1.53. The average Bonchev–Trinajstić information content (AvgIpc) is 2.52. The number of halogens is 1. The number of nitrogens with one attached hydrogen (secondary N) is 2. The van der Waals surface area contributed by atoms with E-state index < -0.39 is 0 Å². The topological polar surface area (TPSA) is 59.6 Å². The van der Waals surface area contributed by atoms with Gasteiger partial charge in [0.15, 0.2) is 11.5 Å². The number of methoxy groups -OCH3 is 1. The lowest BCUT2D eigenvalue weighted by Gasteiger charge is -2.14.